The van der Waals surface area contributed by atoms with Crippen molar-refractivity contribution in [1.82, 2.24) is 0 Å². The summed E-state index contributed by atoms with van der Waals surface area (Å²) in [6, 6.07) is 15.9. The van der Waals surface area contributed by atoms with Crippen LogP contribution in [-0.2, 0) is 20.5 Å². The van der Waals surface area contributed by atoms with Crippen molar-refractivity contribution in [3.63, 3.8) is 0 Å². The van der Waals surface area contributed by atoms with Crippen LogP contribution < -0.4 is 3.87 Å². The Morgan fingerprint density at radius 3 is 2.50 bits per heavy atom. The Hall–Kier alpha value is -1.15. The quantitative estimate of drug-likeness (QED) is 0.618. The topological polar surface area (TPSA) is 0 Å². The Labute approximate surface area is 135 Å². The summed E-state index contributed by atoms with van der Waals surface area (Å²) in [5, 5.41) is 5.18. The molecule has 0 amide bonds. The first kappa shape index (κ1) is 14.4. The zero-order valence-electron chi connectivity index (χ0n) is 13.4. The Balaban J connectivity index is 1.95. The van der Waals surface area contributed by atoms with Crippen molar-refractivity contribution in [2.75, 3.05) is 0 Å². The van der Waals surface area contributed by atoms with Gasteiger partial charge in [-0.1, -0.05) is 0 Å². The minimum absolute atomic E-state index is 1.11. The van der Waals surface area contributed by atoms with Crippen LogP contribution >= 0.6 is 0 Å². The van der Waals surface area contributed by atoms with Crippen LogP contribution in [0.15, 0.2) is 64.6 Å². The number of fused-ring (bicyclic) bond motifs is 3. The number of hydrogen-bond donors (Lipinski definition) is 0. The maximum atomic E-state index is 2.59. The molecule has 110 valence electrons. The van der Waals surface area contributed by atoms with Crippen molar-refractivity contribution in [3.05, 3.63) is 75.7 Å². The zero-order valence-corrected chi connectivity index (χ0v) is 16.4. The Morgan fingerprint density at radius 1 is 0.955 bits per heavy atom. The van der Waals surface area contributed by atoms with Crippen LogP contribution in [0.25, 0.3) is 11.1 Å². The van der Waals surface area contributed by atoms with E-state index >= 15 is 0 Å². The predicted octanol–water partition coefficient (Wildman–Crippen LogP) is 4.06. The van der Waals surface area contributed by atoms with E-state index in [0.29, 0.717) is 0 Å². The summed E-state index contributed by atoms with van der Waals surface area (Å²) >= 11 is -2.79. The van der Waals surface area contributed by atoms with E-state index in [2.05, 4.69) is 78.8 Å². The van der Waals surface area contributed by atoms with E-state index in [1.54, 1.807) is 13.3 Å². The van der Waals surface area contributed by atoms with Gasteiger partial charge in [0.1, 0.15) is 0 Å². The van der Waals surface area contributed by atoms with E-state index in [9.17, 15) is 0 Å². The summed E-state index contributed by atoms with van der Waals surface area (Å²) in [4.78, 5) is 0. The fourth-order valence-electron chi connectivity index (χ4n) is 4.12. The summed E-state index contributed by atoms with van der Waals surface area (Å²) in [6.45, 7) is 0. The van der Waals surface area contributed by atoms with Gasteiger partial charge in [-0.3, -0.25) is 0 Å². The van der Waals surface area contributed by atoms with E-state index in [0.717, 1.165) is 12.8 Å². The molecule has 0 spiro atoms. The first-order chi connectivity index (χ1) is 10.5. The second-order valence-electron chi connectivity index (χ2n) is 7.68. The van der Waals surface area contributed by atoms with Gasteiger partial charge >= 0.3 is 136 Å². The molecule has 2 aromatic rings. The number of benzene rings is 2. The average molecular weight is 338 g/mol. The number of rotatable bonds is 2. The summed E-state index contributed by atoms with van der Waals surface area (Å²) in [7, 11) is 2.32. The fraction of sp³-hybridized carbons (Fsp3) is 0.200. The molecule has 0 bridgehead atoms. The molecule has 0 aromatic heterocycles. The van der Waals surface area contributed by atoms with E-state index < -0.39 is 14.0 Å². The Bertz CT molecular complexity index is 909. The molecule has 0 nitrogen and oxygen atoms in total. The molecule has 0 aliphatic heterocycles. The molecule has 0 radical (unpaired) electrons. The van der Waals surface area contributed by atoms with Gasteiger partial charge in [0.05, 0.1) is 0 Å². The average Bonchev–Trinajstić information content (AvgIpc) is 3.14. The predicted molar refractivity (Wildman–Crippen MR) is 96.4 cm³/mol. The van der Waals surface area contributed by atoms with Crippen molar-refractivity contribution in [3.8, 4) is 11.1 Å². The van der Waals surface area contributed by atoms with Gasteiger partial charge in [-0.05, 0) is 0 Å². The molecule has 2 aliphatic rings. The van der Waals surface area contributed by atoms with E-state index in [4.69, 9.17) is 0 Å². The third-order valence-corrected chi connectivity index (χ3v) is 16.2. The van der Waals surface area contributed by atoms with Crippen LogP contribution in [0.2, 0.25) is 10.5 Å². The third-order valence-electron chi connectivity index (χ3n) is 5.52. The van der Waals surface area contributed by atoms with Crippen LogP contribution in [0.1, 0.15) is 17.5 Å². The minimum atomic E-state index is -2.79. The molecule has 0 saturated heterocycles. The molecule has 0 atom stereocenters. The molecule has 2 aromatic carbocycles. The van der Waals surface area contributed by atoms with Crippen molar-refractivity contribution in [2.45, 2.75) is 23.3 Å². The second-order valence-corrected chi connectivity index (χ2v) is 26.7. The molecule has 0 unspecified atom stereocenters. The summed E-state index contributed by atoms with van der Waals surface area (Å²) in [5.41, 5.74) is 6.03. The summed E-state index contributed by atoms with van der Waals surface area (Å²) < 4.78 is 3.39. The van der Waals surface area contributed by atoms with Gasteiger partial charge in [0, 0.05) is 0 Å². The first-order valence-electron chi connectivity index (χ1n) is 8.10. The van der Waals surface area contributed by atoms with Gasteiger partial charge in [0.15, 0.2) is 0 Å². The number of allylic oxidation sites excluding steroid dienone is 4. The van der Waals surface area contributed by atoms with Gasteiger partial charge in [0.25, 0.3) is 0 Å². The maximum absolute atomic E-state index is 2.79. The third kappa shape index (κ3) is 2.00. The summed E-state index contributed by atoms with van der Waals surface area (Å²) in [5.74, 6) is 0. The molecule has 2 heteroatoms. The molecule has 2 aliphatic carbocycles. The first-order valence-corrected chi connectivity index (χ1v) is 16.8. The molecule has 22 heavy (non-hydrogen) atoms. The van der Waals surface area contributed by atoms with Gasteiger partial charge in [-0.25, -0.2) is 0 Å². The van der Waals surface area contributed by atoms with Crippen LogP contribution in [0.4, 0.5) is 0 Å². The monoisotopic (exact) mass is 338 g/mol. The van der Waals surface area contributed by atoms with Crippen LogP contribution in [0.3, 0.4) is 0 Å². The van der Waals surface area contributed by atoms with Crippen molar-refractivity contribution < 1.29 is 14.0 Å². The van der Waals surface area contributed by atoms with Crippen LogP contribution in [0.5, 0.6) is 0 Å². The second kappa shape index (κ2) is 4.67. The Kier molecular flexibility index (Phi) is 3.07. The van der Waals surface area contributed by atoms with Crippen molar-refractivity contribution >= 4 is 11.5 Å². The standard InChI is InChI=1S/C13H9.C5H5.2CH3.H2Si.Ti/c1-3-7-12-10(5-1)9-11-6-2-4-8-13(11)12;1-2-4-5-3-1;;;;/h1-5,7-8H,9H2;1-3H,4H2;2*1H3;1H2;. The molecular formula is C20H22SiTi. The van der Waals surface area contributed by atoms with E-state index in [1.165, 1.54) is 16.7 Å². The summed E-state index contributed by atoms with van der Waals surface area (Å²) in [6.07, 6.45) is 9.23. The molecule has 0 saturated carbocycles. The molecular weight excluding hydrogens is 316 g/mol. The number of hydrogen-bond acceptors (Lipinski definition) is 0. The van der Waals surface area contributed by atoms with Crippen molar-refractivity contribution in [2.24, 2.45) is 0 Å². The van der Waals surface area contributed by atoms with Gasteiger partial charge in [-0.2, -0.15) is 0 Å². The normalized spacial score (nSPS) is 16.4. The zero-order chi connectivity index (χ0) is 15.4. The SMILES string of the molecule is [CH3][Ti]([CH3])(=[SiH2])([C]1=CC=CC1)[c]1cccc2c1Cc1ccccc1-2. The van der Waals surface area contributed by atoms with E-state index in [-0.39, 0.29) is 0 Å². The van der Waals surface area contributed by atoms with Gasteiger partial charge in [-0.15, -0.1) is 0 Å². The fourth-order valence-corrected chi connectivity index (χ4v) is 12.1. The molecule has 0 heterocycles. The Morgan fingerprint density at radius 2 is 1.73 bits per heavy atom. The molecule has 0 fully saturated rings. The van der Waals surface area contributed by atoms with Crippen LogP contribution in [-0.4, -0.2) is 7.63 Å². The van der Waals surface area contributed by atoms with Crippen molar-refractivity contribution in [1.29, 1.82) is 0 Å². The van der Waals surface area contributed by atoms with Gasteiger partial charge in [0.2, 0.25) is 0 Å². The van der Waals surface area contributed by atoms with E-state index in [1.807, 2.05) is 0 Å². The van der Waals surface area contributed by atoms with Crippen LogP contribution in [0, 0.1) is 0 Å². The molecule has 4 rings (SSSR count). The van der Waals surface area contributed by atoms with Gasteiger partial charge < -0.3 is 0 Å². The molecule has 0 N–H and O–H groups in total.